The SMILES string of the molecule is CC(=O)CCN1[C@@H](C(C)C)C(=O)N(c2ccccn2)[C@H]1C1CCCCC1. The summed E-state index contributed by atoms with van der Waals surface area (Å²) in [4.78, 5) is 33.8. The van der Waals surface area contributed by atoms with Crippen molar-refractivity contribution in [1.82, 2.24) is 9.88 Å². The molecule has 26 heavy (non-hydrogen) atoms. The summed E-state index contributed by atoms with van der Waals surface area (Å²) in [6.07, 6.45) is 8.27. The number of carbonyl (C=O) groups is 2. The van der Waals surface area contributed by atoms with Gasteiger partial charge in [-0.15, -0.1) is 0 Å². The van der Waals surface area contributed by atoms with Crippen LogP contribution >= 0.6 is 0 Å². The van der Waals surface area contributed by atoms with E-state index in [0.717, 1.165) is 18.7 Å². The number of aromatic nitrogens is 1. The molecule has 142 valence electrons. The van der Waals surface area contributed by atoms with Gasteiger partial charge >= 0.3 is 0 Å². The van der Waals surface area contributed by atoms with Crippen LogP contribution in [0, 0.1) is 11.8 Å². The van der Waals surface area contributed by atoms with Gasteiger partial charge in [0.05, 0.1) is 12.2 Å². The van der Waals surface area contributed by atoms with Crippen molar-refractivity contribution in [2.24, 2.45) is 11.8 Å². The molecule has 0 radical (unpaired) electrons. The molecule has 3 rings (SSSR count). The highest BCUT2D eigenvalue weighted by molar-refractivity contribution is 5.99. The van der Waals surface area contributed by atoms with Gasteiger partial charge in [-0.05, 0) is 43.7 Å². The lowest BCUT2D eigenvalue weighted by Gasteiger charge is -2.38. The summed E-state index contributed by atoms with van der Waals surface area (Å²) in [5, 5.41) is 0. The number of nitrogens with zero attached hydrogens (tertiary/aromatic N) is 3. The first-order chi connectivity index (χ1) is 12.5. The van der Waals surface area contributed by atoms with Gasteiger partial charge in [-0.1, -0.05) is 39.2 Å². The van der Waals surface area contributed by atoms with Crippen molar-refractivity contribution < 1.29 is 9.59 Å². The first-order valence-corrected chi connectivity index (χ1v) is 10.00. The summed E-state index contributed by atoms with van der Waals surface area (Å²) in [5.74, 6) is 1.71. The van der Waals surface area contributed by atoms with Crippen LogP contribution in [0.15, 0.2) is 24.4 Å². The molecule has 2 fully saturated rings. The van der Waals surface area contributed by atoms with Crippen molar-refractivity contribution in [3.05, 3.63) is 24.4 Å². The Labute approximate surface area is 156 Å². The molecule has 5 nitrogen and oxygen atoms in total. The van der Waals surface area contributed by atoms with E-state index in [1.165, 1.54) is 19.3 Å². The number of hydrogen-bond acceptors (Lipinski definition) is 4. The van der Waals surface area contributed by atoms with Crippen LogP contribution in [0.2, 0.25) is 0 Å². The van der Waals surface area contributed by atoms with Crippen LogP contribution in [0.4, 0.5) is 5.82 Å². The van der Waals surface area contributed by atoms with Gasteiger partial charge in [0.25, 0.3) is 0 Å². The van der Waals surface area contributed by atoms with Gasteiger partial charge in [0.15, 0.2) is 0 Å². The number of amides is 1. The van der Waals surface area contributed by atoms with E-state index < -0.39 is 0 Å². The average molecular weight is 357 g/mol. The van der Waals surface area contributed by atoms with Gasteiger partial charge in [-0.25, -0.2) is 4.98 Å². The molecule has 1 saturated carbocycles. The molecule has 2 heterocycles. The van der Waals surface area contributed by atoms with E-state index in [1.54, 1.807) is 13.1 Å². The molecule has 1 aromatic rings. The molecule has 0 bridgehead atoms. The van der Waals surface area contributed by atoms with E-state index in [4.69, 9.17) is 0 Å². The minimum atomic E-state index is -0.178. The van der Waals surface area contributed by atoms with Crippen LogP contribution in [0.25, 0.3) is 0 Å². The summed E-state index contributed by atoms with van der Waals surface area (Å²) in [5.41, 5.74) is 0. The largest absolute Gasteiger partial charge is 0.300 e. The average Bonchev–Trinajstić information content (AvgIpc) is 2.93. The molecule has 1 aromatic heterocycles. The highest BCUT2D eigenvalue weighted by Gasteiger charge is 2.50. The number of ketones is 1. The van der Waals surface area contributed by atoms with Crippen molar-refractivity contribution in [3.63, 3.8) is 0 Å². The summed E-state index contributed by atoms with van der Waals surface area (Å²) in [6, 6.07) is 5.58. The molecule has 1 saturated heterocycles. The van der Waals surface area contributed by atoms with E-state index in [2.05, 4.69) is 23.7 Å². The Bertz CT molecular complexity index is 625. The topological polar surface area (TPSA) is 53.5 Å². The lowest BCUT2D eigenvalue weighted by atomic mass is 9.86. The van der Waals surface area contributed by atoms with E-state index in [1.807, 2.05) is 23.1 Å². The minimum Gasteiger partial charge on any atom is -0.300 e. The number of hydrogen-bond donors (Lipinski definition) is 0. The third-order valence-corrected chi connectivity index (χ3v) is 5.77. The van der Waals surface area contributed by atoms with E-state index in [9.17, 15) is 9.59 Å². The zero-order valence-electron chi connectivity index (χ0n) is 16.2. The lowest BCUT2D eigenvalue weighted by Crippen LogP contribution is -2.48. The third kappa shape index (κ3) is 3.83. The monoisotopic (exact) mass is 357 g/mol. The molecule has 2 atom stereocenters. The summed E-state index contributed by atoms with van der Waals surface area (Å²) < 4.78 is 0. The Hall–Kier alpha value is -1.75. The van der Waals surface area contributed by atoms with Crippen molar-refractivity contribution in [1.29, 1.82) is 0 Å². The number of Topliss-reactive ketones (excluding diaryl/α,β-unsaturated/α-hetero) is 1. The minimum absolute atomic E-state index is 0.0180. The second-order valence-corrected chi connectivity index (χ2v) is 8.09. The van der Waals surface area contributed by atoms with Gasteiger partial charge in [0.2, 0.25) is 5.91 Å². The molecule has 1 aliphatic heterocycles. The zero-order valence-corrected chi connectivity index (χ0v) is 16.2. The number of rotatable bonds is 6. The molecule has 1 amide bonds. The third-order valence-electron chi connectivity index (χ3n) is 5.77. The van der Waals surface area contributed by atoms with Gasteiger partial charge in [-0.2, -0.15) is 0 Å². The van der Waals surface area contributed by atoms with Crippen molar-refractivity contribution in [3.8, 4) is 0 Å². The van der Waals surface area contributed by atoms with Crippen LogP contribution in [0.3, 0.4) is 0 Å². The van der Waals surface area contributed by atoms with Gasteiger partial charge in [-0.3, -0.25) is 19.4 Å². The fraction of sp³-hybridized carbons (Fsp3) is 0.667. The van der Waals surface area contributed by atoms with Gasteiger partial charge < -0.3 is 0 Å². The molecular formula is C21H31N3O2. The van der Waals surface area contributed by atoms with Crippen LogP contribution in [-0.4, -0.2) is 40.3 Å². The fourth-order valence-corrected chi connectivity index (χ4v) is 4.61. The lowest BCUT2D eigenvalue weighted by molar-refractivity contribution is -0.122. The molecule has 2 aliphatic rings. The maximum Gasteiger partial charge on any atom is 0.247 e. The van der Waals surface area contributed by atoms with Crippen molar-refractivity contribution in [2.75, 3.05) is 11.4 Å². The summed E-state index contributed by atoms with van der Waals surface area (Å²) >= 11 is 0. The summed E-state index contributed by atoms with van der Waals surface area (Å²) in [7, 11) is 0. The Morgan fingerprint density at radius 3 is 2.54 bits per heavy atom. The van der Waals surface area contributed by atoms with Gasteiger partial charge in [0, 0.05) is 19.2 Å². The van der Waals surface area contributed by atoms with E-state index in [0.29, 0.717) is 18.9 Å². The van der Waals surface area contributed by atoms with E-state index >= 15 is 0 Å². The Morgan fingerprint density at radius 1 is 1.23 bits per heavy atom. The second kappa shape index (κ2) is 8.30. The molecule has 0 N–H and O–H groups in total. The van der Waals surface area contributed by atoms with Crippen LogP contribution < -0.4 is 4.90 Å². The zero-order chi connectivity index (χ0) is 18.7. The Kier molecular flexibility index (Phi) is 6.07. The van der Waals surface area contributed by atoms with Crippen LogP contribution in [-0.2, 0) is 9.59 Å². The number of carbonyl (C=O) groups excluding carboxylic acids is 2. The molecule has 1 aliphatic carbocycles. The first kappa shape index (κ1) is 19.0. The standard InChI is InChI=1S/C21H31N3O2/c1-15(2)19-21(26)24(18-11-7-8-13-22-18)20(17-9-5-4-6-10-17)23(19)14-12-16(3)25/h7-8,11,13,15,17,19-20H,4-6,9-10,12,14H2,1-3H3/t19-,20-/m0/s1. The first-order valence-electron chi connectivity index (χ1n) is 10.00. The highest BCUT2D eigenvalue weighted by Crippen LogP contribution is 2.39. The molecular weight excluding hydrogens is 326 g/mol. The normalized spacial score (nSPS) is 25.2. The smallest absolute Gasteiger partial charge is 0.247 e. The van der Waals surface area contributed by atoms with E-state index in [-0.39, 0.29) is 29.8 Å². The van der Waals surface area contributed by atoms with Crippen LogP contribution in [0.5, 0.6) is 0 Å². The highest BCUT2D eigenvalue weighted by atomic mass is 16.2. The van der Waals surface area contributed by atoms with Crippen molar-refractivity contribution in [2.45, 2.75) is 71.5 Å². The Morgan fingerprint density at radius 2 is 1.96 bits per heavy atom. The fourth-order valence-electron chi connectivity index (χ4n) is 4.61. The molecule has 0 spiro atoms. The second-order valence-electron chi connectivity index (χ2n) is 8.09. The number of anilines is 1. The molecule has 5 heteroatoms. The van der Waals surface area contributed by atoms with Crippen molar-refractivity contribution >= 4 is 17.5 Å². The summed E-state index contributed by atoms with van der Waals surface area (Å²) in [6.45, 7) is 6.48. The quantitative estimate of drug-likeness (QED) is 0.780. The van der Waals surface area contributed by atoms with Gasteiger partial charge in [0.1, 0.15) is 11.6 Å². The maximum absolute atomic E-state index is 13.4. The maximum atomic E-state index is 13.4. The van der Waals surface area contributed by atoms with Crippen LogP contribution in [0.1, 0.15) is 59.3 Å². The Balaban J connectivity index is 1.99. The predicted octanol–water partition coefficient (Wildman–Crippen LogP) is 3.64. The molecule has 0 unspecified atom stereocenters. The number of pyridine rings is 1. The molecule has 0 aromatic carbocycles. The predicted molar refractivity (Wildman–Crippen MR) is 103 cm³/mol.